The van der Waals surface area contributed by atoms with Crippen LogP contribution in [0.2, 0.25) is 0 Å². The lowest BCUT2D eigenvalue weighted by molar-refractivity contribution is 0.0950. The number of oxazole rings is 1. The minimum absolute atomic E-state index is 0.0776. The quantitative estimate of drug-likeness (QED) is 0.598. The fraction of sp³-hybridized carbons (Fsp3) is 0. The third-order valence-corrected chi connectivity index (χ3v) is 2.71. The van der Waals surface area contributed by atoms with E-state index in [0.717, 1.165) is 10.6 Å². The first-order chi connectivity index (χ1) is 9.56. The number of benzene rings is 1. The van der Waals surface area contributed by atoms with Gasteiger partial charge >= 0.3 is 5.76 Å². The van der Waals surface area contributed by atoms with Crippen molar-refractivity contribution in [1.29, 1.82) is 0 Å². The number of carbonyl (C=O) groups excluding carboxylic acids is 1. The van der Waals surface area contributed by atoms with Crippen molar-refractivity contribution in [3.8, 4) is 0 Å². The van der Waals surface area contributed by atoms with E-state index in [9.17, 15) is 14.4 Å². The van der Waals surface area contributed by atoms with Gasteiger partial charge in [0.15, 0.2) is 5.58 Å². The predicted octanol–water partition coefficient (Wildman–Crippen LogP) is -0.0515. The number of aromatic amines is 1. The zero-order valence-corrected chi connectivity index (χ0v) is 9.99. The number of nitrogens with zero attached hydrogens (tertiary/aromatic N) is 2. The second kappa shape index (κ2) is 4.19. The Kier molecular flexibility index (Phi) is 2.50. The summed E-state index contributed by atoms with van der Waals surface area (Å²) in [5.41, 5.74) is 5.95. The van der Waals surface area contributed by atoms with Crippen LogP contribution in [0.25, 0.3) is 11.1 Å². The molecule has 20 heavy (non-hydrogen) atoms. The van der Waals surface area contributed by atoms with Gasteiger partial charge in [0, 0.05) is 17.8 Å². The first kappa shape index (κ1) is 11.9. The standard InChI is InChI=1S/C12H8N4O4/c13-6-1-3-8-9(5-6)20-12(19)16(8)11(18)7-2-4-10(17)15-14-7/h1-5H,13H2,(H,15,17). The van der Waals surface area contributed by atoms with Crippen molar-refractivity contribution < 1.29 is 9.21 Å². The van der Waals surface area contributed by atoms with E-state index in [-0.39, 0.29) is 16.8 Å². The van der Waals surface area contributed by atoms with Crippen molar-refractivity contribution in [3.05, 3.63) is 56.9 Å². The zero-order valence-electron chi connectivity index (χ0n) is 9.99. The van der Waals surface area contributed by atoms with Gasteiger partial charge in [0.25, 0.3) is 11.5 Å². The van der Waals surface area contributed by atoms with Crippen molar-refractivity contribution in [2.45, 2.75) is 0 Å². The Morgan fingerprint density at radius 1 is 1.25 bits per heavy atom. The molecule has 0 saturated heterocycles. The van der Waals surface area contributed by atoms with Gasteiger partial charge in [-0.2, -0.15) is 5.10 Å². The summed E-state index contributed by atoms with van der Waals surface area (Å²) >= 11 is 0. The van der Waals surface area contributed by atoms with Crippen LogP contribution in [0.1, 0.15) is 10.5 Å². The molecule has 0 fully saturated rings. The van der Waals surface area contributed by atoms with Gasteiger partial charge in [-0.1, -0.05) is 0 Å². The normalized spacial score (nSPS) is 10.8. The predicted molar refractivity (Wildman–Crippen MR) is 69.5 cm³/mol. The Bertz CT molecular complexity index is 914. The maximum Gasteiger partial charge on any atom is 0.427 e. The van der Waals surface area contributed by atoms with Crippen molar-refractivity contribution in [3.63, 3.8) is 0 Å². The van der Waals surface area contributed by atoms with Gasteiger partial charge in [-0.3, -0.25) is 9.59 Å². The lowest BCUT2D eigenvalue weighted by Crippen LogP contribution is -2.25. The number of nitrogen functional groups attached to an aromatic ring is 1. The second-order valence-corrected chi connectivity index (χ2v) is 4.04. The van der Waals surface area contributed by atoms with Crippen LogP contribution in [0.15, 0.2) is 44.3 Å². The highest BCUT2D eigenvalue weighted by atomic mass is 16.4. The molecular formula is C12H8N4O4. The Morgan fingerprint density at radius 2 is 2.05 bits per heavy atom. The van der Waals surface area contributed by atoms with Gasteiger partial charge < -0.3 is 10.2 Å². The summed E-state index contributed by atoms with van der Waals surface area (Å²) in [6.45, 7) is 0. The van der Waals surface area contributed by atoms with E-state index in [1.807, 2.05) is 0 Å². The van der Waals surface area contributed by atoms with Crippen LogP contribution in [0.3, 0.4) is 0 Å². The number of hydrogen-bond donors (Lipinski definition) is 2. The van der Waals surface area contributed by atoms with Crippen LogP contribution in [0, 0.1) is 0 Å². The van der Waals surface area contributed by atoms with Gasteiger partial charge in [-0.15, -0.1) is 0 Å². The Labute approximate surface area is 110 Å². The fourth-order valence-electron chi connectivity index (χ4n) is 1.81. The summed E-state index contributed by atoms with van der Waals surface area (Å²) in [7, 11) is 0. The molecule has 2 aromatic heterocycles. The van der Waals surface area contributed by atoms with E-state index < -0.39 is 17.2 Å². The molecule has 8 heteroatoms. The minimum atomic E-state index is -0.844. The Hall–Kier alpha value is -3.16. The average molecular weight is 272 g/mol. The van der Waals surface area contributed by atoms with E-state index in [4.69, 9.17) is 10.2 Å². The van der Waals surface area contributed by atoms with Crippen molar-refractivity contribution in [2.75, 3.05) is 5.73 Å². The monoisotopic (exact) mass is 272 g/mol. The number of hydrogen-bond acceptors (Lipinski definition) is 6. The maximum atomic E-state index is 12.2. The summed E-state index contributed by atoms with van der Waals surface area (Å²) in [6.07, 6.45) is 0. The highest BCUT2D eigenvalue weighted by Crippen LogP contribution is 2.16. The summed E-state index contributed by atoms with van der Waals surface area (Å²) in [5.74, 6) is -1.54. The highest BCUT2D eigenvalue weighted by Gasteiger charge is 2.18. The number of aromatic nitrogens is 3. The molecule has 100 valence electrons. The molecule has 0 aliphatic carbocycles. The minimum Gasteiger partial charge on any atom is -0.407 e. The Morgan fingerprint density at radius 3 is 2.75 bits per heavy atom. The second-order valence-electron chi connectivity index (χ2n) is 4.04. The van der Waals surface area contributed by atoms with Crippen LogP contribution < -0.4 is 17.0 Å². The molecular weight excluding hydrogens is 264 g/mol. The van der Waals surface area contributed by atoms with E-state index in [2.05, 4.69) is 10.2 Å². The van der Waals surface area contributed by atoms with Gasteiger partial charge in [-0.25, -0.2) is 14.5 Å². The number of anilines is 1. The lowest BCUT2D eigenvalue weighted by atomic mass is 10.3. The molecule has 0 aliphatic rings. The fourth-order valence-corrected chi connectivity index (χ4v) is 1.81. The molecule has 0 saturated carbocycles. The summed E-state index contributed by atoms with van der Waals surface area (Å²) in [4.78, 5) is 34.9. The number of carbonyl (C=O) groups is 1. The highest BCUT2D eigenvalue weighted by molar-refractivity contribution is 5.99. The molecule has 0 bridgehead atoms. The molecule has 0 aliphatic heterocycles. The van der Waals surface area contributed by atoms with Crippen LogP contribution in [0.5, 0.6) is 0 Å². The SMILES string of the molecule is Nc1ccc2c(c1)oc(=O)n2C(=O)c1ccc(=O)[nH]n1. The van der Waals surface area contributed by atoms with Gasteiger partial charge in [0.1, 0.15) is 5.69 Å². The number of H-pyrrole nitrogens is 1. The molecule has 3 rings (SSSR count). The molecule has 0 atom stereocenters. The van der Waals surface area contributed by atoms with Crippen molar-refractivity contribution in [1.82, 2.24) is 14.8 Å². The molecule has 8 nitrogen and oxygen atoms in total. The summed E-state index contributed by atoms with van der Waals surface area (Å²) in [6, 6.07) is 6.86. The van der Waals surface area contributed by atoms with Crippen molar-refractivity contribution >= 4 is 22.7 Å². The van der Waals surface area contributed by atoms with Crippen molar-refractivity contribution in [2.24, 2.45) is 0 Å². The molecule has 2 heterocycles. The number of nitrogens with one attached hydrogen (secondary N) is 1. The maximum absolute atomic E-state index is 12.2. The van der Waals surface area contributed by atoms with E-state index in [1.54, 1.807) is 6.07 Å². The third kappa shape index (κ3) is 1.79. The van der Waals surface area contributed by atoms with Crippen LogP contribution in [-0.4, -0.2) is 20.7 Å². The third-order valence-electron chi connectivity index (χ3n) is 2.71. The molecule has 0 unspecified atom stereocenters. The van der Waals surface area contributed by atoms with E-state index in [1.165, 1.54) is 18.2 Å². The lowest BCUT2D eigenvalue weighted by Gasteiger charge is -1.99. The zero-order chi connectivity index (χ0) is 14.3. The number of nitrogens with two attached hydrogens (primary N) is 1. The number of fused-ring (bicyclic) bond motifs is 1. The van der Waals surface area contributed by atoms with E-state index >= 15 is 0 Å². The van der Waals surface area contributed by atoms with Crippen LogP contribution in [0.4, 0.5) is 5.69 Å². The average Bonchev–Trinajstić information content (AvgIpc) is 2.73. The molecule has 3 aromatic rings. The smallest absolute Gasteiger partial charge is 0.407 e. The molecule has 1 aromatic carbocycles. The topological polar surface area (TPSA) is 124 Å². The largest absolute Gasteiger partial charge is 0.427 e. The van der Waals surface area contributed by atoms with E-state index in [0.29, 0.717) is 5.69 Å². The summed E-state index contributed by atoms with van der Waals surface area (Å²) in [5, 5.41) is 5.71. The molecule has 0 spiro atoms. The van der Waals surface area contributed by atoms with Gasteiger partial charge in [0.2, 0.25) is 0 Å². The van der Waals surface area contributed by atoms with Gasteiger partial charge in [-0.05, 0) is 18.2 Å². The number of rotatable bonds is 1. The molecule has 0 radical (unpaired) electrons. The first-order valence-corrected chi connectivity index (χ1v) is 5.58. The van der Waals surface area contributed by atoms with Crippen LogP contribution in [-0.2, 0) is 0 Å². The van der Waals surface area contributed by atoms with Crippen LogP contribution >= 0.6 is 0 Å². The van der Waals surface area contributed by atoms with Gasteiger partial charge in [0.05, 0.1) is 5.52 Å². The molecule has 0 amide bonds. The Balaban J connectivity index is 2.21. The first-order valence-electron chi connectivity index (χ1n) is 5.58. The molecule has 3 N–H and O–H groups in total. The summed E-state index contributed by atoms with van der Waals surface area (Å²) < 4.78 is 5.78.